The molecule has 5 saturated carbocycles. The van der Waals surface area contributed by atoms with E-state index < -0.39 is 88.3 Å². The molecule has 0 radical (unpaired) electrons. The fourth-order valence-electron chi connectivity index (χ4n) is 12.2. The van der Waals surface area contributed by atoms with Crippen LogP contribution in [0.1, 0.15) is 37.0 Å². The SMILES string of the molecule is CCN1C[C@]2(COC)C(OC(C)=O)CC(OC)[C@@]34[C@@H]5C[C@@]6(O)C(OC)C(O)[C@@](O)([C@H]5C6OC(=O)c5ccccc5)[C@@H](C(OC)[C@H]23)[C@@H]14. The van der Waals surface area contributed by atoms with Crippen LogP contribution in [0, 0.1) is 34.5 Å². The number of hydrogen-bond donors (Lipinski definition) is 3. The smallest absolute Gasteiger partial charge is 0.338 e. The highest BCUT2D eigenvalue weighted by atomic mass is 16.6. The number of carbonyl (C=O) groups is 2. The van der Waals surface area contributed by atoms with Gasteiger partial charge in [0.05, 0.1) is 24.4 Å². The molecule has 1 aromatic carbocycles. The molecular formula is C34H47NO11. The Morgan fingerprint density at radius 1 is 0.957 bits per heavy atom. The molecule has 0 aromatic heterocycles. The minimum Gasteiger partial charge on any atom is -0.462 e. The zero-order valence-electron chi connectivity index (χ0n) is 27.3. The van der Waals surface area contributed by atoms with Crippen molar-refractivity contribution >= 4 is 11.9 Å². The van der Waals surface area contributed by atoms with Crippen molar-refractivity contribution in [1.82, 2.24) is 4.90 Å². The van der Waals surface area contributed by atoms with E-state index in [4.69, 9.17) is 28.4 Å². The van der Waals surface area contributed by atoms with Crippen molar-refractivity contribution in [3.05, 3.63) is 35.9 Å². The molecule has 1 saturated heterocycles. The van der Waals surface area contributed by atoms with Gasteiger partial charge in [-0.1, -0.05) is 25.1 Å². The molecule has 12 nitrogen and oxygen atoms in total. The van der Waals surface area contributed by atoms with Crippen LogP contribution in [0.5, 0.6) is 0 Å². The number of aliphatic hydroxyl groups is 3. The number of methoxy groups -OCH3 is 4. The van der Waals surface area contributed by atoms with Gasteiger partial charge in [0.1, 0.15) is 35.6 Å². The molecule has 254 valence electrons. The number of hydrogen-bond acceptors (Lipinski definition) is 12. The average Bonchev–Trinajstić information content (AvgIpc) is 3.42. The van der Waals surface area contributed by atoms with Gasteiger partial charge in [-0.05, 0) is 31.0 Å². The van der Waals surface area contributed by atoms with Crippen molar-refractivity contribution in [2.75, 3.05) is 48.1 Å². The fraction of sp³-hybridized carbons (Fsp3) is 0.765. The molecule has 6 unspecified atom stereocenters. The lowest BCUT2D eigenvalue weighted by molar-refractivity contribution is -0.320. The van der Waals surface area contributed by atoms with Gasteiger partial charge in [0.15, 0.2) is 0 Å². The number of piperidine rings is 1. The first-order valence-corrected chi connectivity index (χ1v) is 16.3. The molecule has 1 heterocycles. The van der Waals surface area contributed by atoms with Crippen molar-refractivity contribution in [2.45, 2.75) is 80.6 Å². The Labute approximate surface area is 269 Å². The fourth-order valence-corrected chi connectivity index (χ4v) is 12.2. The maximum Gasteiger partial charge on any atom is 0.338 e. The highest BCUT2D eigenvalue weighted by molar-refractivity contribution is 5.89. The monoisotopic (exact) mass is 645 g/mol. The Hall–Kier alpha value is -2.16. The van der Waals surface area contributed by atoms with Crippen LogP contribution in [0.15, 0.2) is 30.3 Å². The van der Waals surface area contributed by atoms with E-state index in [9.17, 15) is 24.9 Å². The topological polar surface area (TPSA) is 153 Å². The molecule has 7 bridgehead atoms. The number of nitrogens with zero attached hydrogens (tertiary/aromatic N) is 1. The van der Waals surface area contributed by atoms with E-state index in [1.165, 1.54) is 14.0 Å². The van der Waals surface area contributed by atoms with Crippen molar-refractivity contribution in [1.29, 1.82) is 0 Å². The number of carbonyl (C=O) groups excluding carboxylic acids is 2. The van der Waals surface area contributed by atoms with Crippen LogP contribution in [0.3, 0.4) is 0 Å². The number of ether oxygens (including phenoxy) is 6. The summed E-state index contributed by atoms with van der Waals surface area (Å²) in [6.45, 7) is 4.79. The second-order valence-electron chi connectivity index (χ2n) is 14.4. The van der Waals surface area contributed by atoms with Crippen LogP contribution in [-0.2, 0) is 33.2 Å². The molecule has 1 aromatic rings. The van der Waals surface area contributed by atoms with E-state index in [1.807, 2.05) is 6.92 Å². The summed E-state index contributed by atoms with van der Waals surface area (Å²) in [4.78, 5) is 28.5. The third-order valence-corrected chi connectivity index (χ3v) is 13.2. The van der Waals surface area contributed by atoms with Gasteiger partial charge in [0.25, 0.3) is 0 Å². The van der Waals surface area contributed by atoms with Crippen LogP contribution < -0.4 is 0 Å². The first-order chi connectivity index (χ1) is 22.0. The summed E-state index contributed by atoms with van der Waals surface area (Å²) < 4.78 is 37.0. The molecular weight excluding hydrogens is 598 g/mol. The maximum atomic E-state index is 13.6. The zero-order valence-corrected chi connectivity index (χ0v) is 27.3. The van der Waals surface area contributed by atoms with Crippen LogP contribution in [0.25, 0.3) is 0 Å². The lowest BCUT2D eigenvalue weighted by Gasteiger charge is -2.70. The molecule has 1 spiro atoms. The number of rotatable bonds is 9. The van der Waals surface area contributed by atoms with Gasteiger partial charge >= 0.3 is 11.9 Å². The summed E-state index contributed by atoms with van der Waals surface area (Å²) in [5.41, 5.74) is -4.94. The van der Waals surface area contributed by atoms with Gasteiger partial charge in [-0.3, -0.25) is 9.69 Å². The van der Waals surface area contributed by atoms with Gasteiger partial charge in [-0.15, -0.1) is 0 Å². The maximum absolute atomic E-state index is 13.6. The highest BCUT2D eigenvalue weighted by Crippen LogP contribution is 2.80. The highest BCUT2D eigenvalue weighted by Gasteiger charge is 2.91. The van der Waals surface area contributed by atoms with E-state index >= 15 is 0 Å². The lowest BCUT2D eigenvalue weighted by Crippen LogP contribution is -2.81. The van der Waals surface area contributed by atoms with E-state index in [2.05, 4.69) is 4.90 Å². The predicted octanol–water partition coefficient (Wildman–Crippen LogP) is 0.648. The molecule has 7 rings (SSSR count). The molecule has 15 atom stereocenters. The lowest BCUT2D eigenvalue weighted by atomic mass is 9.42. The van der Waals surface area contributed by atoms with E-state index in [0.29, 0.717) is 25.1 Å². The normalized spacial score (nSPS) is 49.9. The minimum atomic E-state index is -1.89. The molecule has 5 aliphatic carbocycles. The largest absolute Gasteiger partial charge is 0.462 e. The first kappa shape index (κ1) is 32.4. The molecule has 6 fully saturated rings. The van der Waals surface area contributed by atoms with Crippen LogP contribution >= 0.6 is 0 Å². The van der Waals surface area contributed by atoms with E-state index in [0.717, 1.165) is 0 Å². The average molecular weight is 646 g/mol. The molecule has 3 N–H and O–H groups in total. The zero-order chi connectivity index (χ0) is 33.0. The number of benzene rings is 1. The Morgan fingerprint density at radius 3 is 2.26 bits per heavy atom. The van der Waals surface area contributed by atoms with Gasteiger partial charge < -0.3 is 43.7 Å². The van der Waals surface area contributed by atoms with Gasteiger partial charge in [-0.2, -0.15) is 0 Å². The second kappa shape index (κ2) is 10.9. The second-order valence-corrected chi connectivity index (χ2v) is 14.4. The molecule has 6 aliphatic rings. The first-order valence-electron chi connectivity index (χ1n) is 16.3. The van der Waals surface area contributed by atoms with Gasteiger partial charge in [-0.25, -0.2) is 4.79 Å². The van der Waals surface area contributed by atoms with Crippen LogP contribution in [-0.4, -0.2) is 134 Å². The summed E-state index contributed by atoms with van der Waals surface area (Å²) in [6, 6.07) is 8.19. The summed E-state index contributed by atoms with van der Waals surface area (Å²) in [5, 5.41) is 38.1. The van der Waals surface area contributed by atoms with Crippen LogP contribution in [0.4, 0.5) is 0 Å². The van der Waals surface area contributed by atoms with Crippen molar-refractivity contribution in [3.63, 3.8) is 0 Å². The molecule has 0 amide bonds. The standard InChI is InChI=1S/C34H47NO11/c1-7-35-15-31(16-41-3)20(45-17(2)36)13-21(42-4)33-19-14-32(39)28(46-30(38)18-11-9-8-10-12-18)22(19)34(40,27(37)29(32)44-6)23(26(33)35)24(43-5)25(31)33/h8-12,19-29,37,39-40H,7,13-16H2,1-6H3/t19-,20?,21?,22-,23+,24?,25-,26-,27?,28?,29?,31+,32+,33+,34-/m1/s1. The Bertz CT molecular complexity index is 1360. The van der Waals surface area contributed by atoms with Gasteiger partial charge in [0.2, 0.25) is 0 Å². The van der Waals surface area contributed by atoms with Crippen molar-refractivity contribution in [2.24, 2.45) is 34.5 Å². The summed E-state index contributed by atoms with van der Waals surface area (Å²) in [5.74, 6) is -3.51. The molecule has 12 heteroatoms. The summed E-state index contributed by atoms with van der Waals surface area (Å²) in [6.07, 6.45) is -5.23. The van der Waals surface area contributed by atoms with Crippen molar-refractivity contribution < 1.29 is 53.3 Å². The minimum absolute atomic E-state index is 0.0805. The van der Waals surface area contributed by atoms with Crippen LogP contribution in [0.2, 0.25) is 0 Å². The third-order valence-electron chi connectivity index (χ3n) is 13.2. The Morgan fingerprint density at radius 2 is 1.67 bits per heavy atom. The van der Waals surface area contributed by atoms with E-state index in [1.54, 1.807) is 51.7 Å². The summed E-state index contributed by atoms with van der Waals surface area (Å²) in [7, 11) is 6.27. The molecule has 1 aliphatic heterocycles. The van der Waals surface area contributed by atoms with Crippen molar-refractivity contribution in [3.8, 4) is 0 Å². The Kier molecular flexibility index (Phi) is 7.69. The van der Waals surface area contributed by atoms with Gasteiger partial charge in [0, 0.05) is 83.0 Å². The number of fused-ring (bicyclic) bond motifs is 2. The van der Waals surface area contributed by atoms with E-state index in [-0.39, 0.29) is 25.0 Å². The number of aliphatic hydroxyl groups excluding tert-OH is 1. The predicted molar refractivity (Wildman–Crippen MR) is 160 cm³/mol. The Balaban J connectivity index is 1.48. The molecule has 46 heavy (non-hydrogen) atoms. The third kappa shape index (κ3) is 3.67. The number of likely N-dealkylation sites (tertiary alicyclic amines) is 1. The summed E-state index contributed by atoms with van der Waals surface area (Å²) >= 11 is 0. The quantitative estimate of drug-likeness (QED) is 0.323. The number of esters is 2.